The molecule has 0 saturated carbocycles. The fourth-order valence-electron chi connectivity index (χ4n) is 1.82. The first-order chi connectivity index (χ1) is 7.68. The molecule has 0 spiro atoms. The highest BCUT2D eigenvalue weighted by molar-refractivity contribution is 5.82. The molecule has 1 aromatic rings. The van der Waals surface area contributed by atoms with Crippen molar-refractivity contribution in [1.29, 1.82) is 0 Å². The van der Waals surface area contributed by atoms with Crippen molar-refractivity contribution in [2.24, 2.45) is 0 Å². The molecule has 2 rings (SSSR count). The fourth-order valence-corrected chi connectivity index (χ4v) is 1.82. The van der Waals surface area contributed by atoms with Crippen LogP contribution >= 0.6 is 0 Å². The number of ketones is 1. The first-order valence-electron chi connectivity index (χ1n) is 5.16. The molecular weight excluding hydrogens is 206 g/mol. The highest BCUT2D eigenvalue weighted by Gasteiger charge is 2.34. The van der Waals surface area contributed by atoms with E-state index in [1.54, 1.807) is 0 Å². The van der Waals surface area contributed by atoms with E-state index < -0.39 is 6.09 Å². The Morgan fingerprint density at radius 3 is 2.75 bits per heavy atom. The van der Waals surface area contributed by atoms with Gasteiger partial charge in [0.1, 0.15) is 12.4 Å². The van der Waals surface area contributed by atoms with Gasteiger partial charge in [-0.05, 0) is 12.5 Å². The van der Waals surface area contributed by atoms with Gasteiger partial charge in [0.05, 0.1) is 12.6 Å². The minimum atomic E-state index is -0.413. The van der Waals surface area contributed by atoms with E-state index in [1.807, 2.05) is 30.3 Å². The third kappa shape index (κ3) is 2.05. The van der Waals surface area contributed by atoms with E-state index in [1.165, 1.54) is 11.8 Å². The Hall–Kier alpha value is -1.84. The number of benzene rings is 1. The molecule has 0 aromatic heterocycles. The van der Waals surface area contributed by atoms with E-state index in [2.05, 4.69) is 0 Å². The zero-order valence-electron chi connectivity index (χ0n) is 9.05. The van der Waals surface area contributed by atoms with Gasteiger partial charge in [0.25, 0.3) is 0 Å². The van der Waals surface area contributed by atoms with Crippen LogP contribution in [0.5, 0.6) is 0 Å². The Morgan fingerprint density at radius 2 is 2.12 bits per heavy atom. The first kappa shape index (κ1) is 10.7. The van der Waals surface area contributed by atoms with Crippen LogP contribution in [0.2, 0.25) is 0 Å². The van der Waals surface area contributed by atoms with E-state index in [0.717, 1.165) is 5.56 Å². The highest BCUT2D eigenvalue weighted by Crippen LogP contribution is 2.26. The summed E-state index contributed by atoms with van der Waals surface area (Å²) in [6.45, 7) is 1.89. The number of hydrogen-bond donors (Lipinski definition) is 0. The summed E-state index contributed by atoms with van der Waals surface area (Å²) in [6, 6.07) is 9.45. The van der Waals surface area contributed by atoms with E-state index in [9.17, 15) is 9.59 Å². The Kier molecular flexibility index (Phi) is 2.90. The lowest BCUT2D eigenvalue weighted by molar-refractivity contribution is -0.117. The van der Waals surface area contributed by atoms with E-state index >= 15 is 0 Å². The number of rotatable bonds is 3. The predicted octanol–water partition coefficient (Wildman–Crippen LogP) is 1.77. The monoisotopic (exact) mass is 219 g/mol. The van der Waals surface area contributed by atoms with E-state index in [-0.39, 0.29) is 18.4 Å². The van der Waals surface area contributed by atoms with Crippen molar-refractivity contribution in [2.75, 3.05) is 13.2 Å². The predicted molar refractivity (Wildman–Crippen MR) is 57.9 cm³/mol. The van der Waals surface area contributed by atoms with Crippen LogP contribution in [0.15, 0.2) is 30.3 Å². The molecule has 0 N–H and O–H groups in total. The van der Waals surface area contributed by atoms with Crippen LogP contribution in [-0.4, -0.2) is 29.9 Å². The molecule has 0 unspecified atom stereocenters. The van der Waals surface area contributed by atoms with Gasteiger partial charge in [0, 0.05) is 0 Å². The van der Waals surface area contributed by atoms with Crippen molar-refractivity contribution in [3.8, 4) is 0 Å². The number of hydrogen-bond acceptors (Lipinski definition) is 3. The summed E-state index contributed by atoms with van der Waals surface area (Å²) in [4.78, 5) is 24.0. The molecule has 1 aliphatic rings. The molecule has 1 atom stereocenters. The minimum Gasteiger partial charge on any atom is -0.447 e. The van der Waals surface area contributed by atoms with Crippen molar-refractivity contribution in [3.05, 3.63) is 35.9 Å². The van der Waals surface area contributed by atoms with Crippen LogP contribution in [0.3, 0.4) is 0 Å². The molecule has 4 heteroatoms. The fraction of sp³-hybridized carbons (Fsp3) is 0.333. The molecular formula is C12H13NO3. The van der Waals surface area contributed by atoms with Crippen LogP contribution in [0.4, 0.5) is 4.79 Å². The second-order valence-electron chi connectivity index (χ2n) is 3.83. The van der Waals surface area contributed by atoms with Gasteiger partial charge in [0.15, 0.2) is 0 Å². The van der Waals surface area contributed by atoms with Crippen LogP contribution in [0.1, 0.15) is 18.5 Å². The normalized spacial score (nSPS) is 19.7. The molecule has 16 heavy (non-hydrogen) atoms. The third-order valence-electron chi connectivity index (χ3n) is 2.55. The summed E-state index contributed by atoms with van der Waals surface area (Å²) in [7, 11) is 0. The van der Waals surface area contributed by atoms with Crippen LogP contribution < -0.4 is 0 Å². The lowest BCUT2D eigenvalue weighted by Gasteiger charge is -2.20. The Balaban J connectivity index is 2.21. The molecule has 0 aliphatic carbocycles. The molecule has 1 fully saturated rings. The summed E-state index contributed by atoms with van der Waals surface area (Å²) in [5, 5.41) is 0. The number of carbonyl (C=O) groups is 2. The highest BCUT2D eigenvalue weighted by atomic mass is 16.6. The number of ether oxygens (including phenoxy) is 1. The number of nitrogens with zero attached hydrogens (tertiary/aromatic N) is 1. The molecule has 0 radical (unpaired) electrons. The topological polar surface area (TPSA) is 46.6 Å². The third-order valence-corrected chi connectivity index (χ3v) is 2.55. The second kappa shape index (κ2) is 4.35. The molecule has 1 saturated heterocycles. The van der Waals surface area contributed by atoms with Crippen molar-refractivity contribution in [3.63, 3.8) is 0 Å². The average molecular weight is 219 g/mol. The van der Waals surface area contributed by atoms with Gasteiger partial charge in [-0.15, -0.1) is 0 Å². The maximum Gasteiger partial charge on any atom is 0.410 e. The molecule has 1 aliphatic heterocycles. The summed E-state index contributed by atoms with van der Waals surface area (Å²) in [5.41, 5.74) is 0.995. The van der Waals surface area contributed by atoms with Crippen LogP contribution in [0.25, 0.3) is 0 Å². The van der Waals surface area contributed by atoms with E-state index in [0.29, 0.717) is 6.61 Å². The average Bonchev–Trinajstić information content (AvgIpc) is 2.61. The zero-order chi connectivity index (χ0) is 11.5. The minimum absolute atomic E-state index is 0.0419. The summed E-state index contributed by atoms with van der Waals surface area (Å²) >= 11 is 0. The molecule has 1 amide bonds. The number of carbonyl (C=O) groups excluding carboxylic acids is 2. The molecule has 1 aromatic carbocycles. The van der Waals surface area contributed by atoms with Gasteiger partial charge in [-0.1, -0.05) is 30.3 Å². The van der Waals surface area contributed by atoms with Gasteiger partial charge in [-0.25, -0.2) is 4.79 Å². The Labute approximate surface area is 93.8 Å². The van der Waals surface area contributed by atoms with E-state index in [4.69, 9.17) is 4.74 Å². The summed E-state index contributed by atoms with van der Waals surface area (Å²) in [5.74, 6) is -0.0419. The number of Topliss-reactive ketones (excluding diaryl/α,β-unsaturated/α-hetero) is 1. The summed E-state index contributed by atoms with van der Waals surface area (Å²) in [6.07, 6.45) is -0.413. The second-order valence-corrected chi connectivity index (χ2v) is 3.83. The van der Waals surface area contributed by atoms with Gasteiger partial charge in [-0.3, -0.25) is 9.69 Å². The smallest absolute Gasteiger partial charge is 0.410 e. The van der Waals surface area contributed by atoms with Gasteiger partial charge < -0.3 is 4.74 Å². The molecule has 1 heterocycles. The quantitative estimate of drug-likeness (QED) is 0.778. The molecule has 84 valence electrons. The lowest BCUT2D eigenvalue weighted by atomic mass is 10.1. The summed E-state index contributed by atoms with van der Waals surface area (Å²) < 4.78 is 4.97. The van der Waals surface area contributed by atoms with Gasteiger partial charge in [-0.2, -0.15) is 0 Å². The van der Waals surface area contributed by atoms with Gasteiger partial charge in [0.2, 0.25) is 0 Å². The first-order valence-corrected chi connectivity index (χ1v) is 5.16. The maximum absolute atomic E-state index is 11.4. The van der Waals surface area contributed by atoms with Crippen LogP contribution in [0, 0.1) is 0 Å². The van der Waals surface area contributed by atoms with Crippen molar-refractivity contribution < 1.29 is 14.3 Å². The van der Waals surface area contributed by atoms with Crippen molar-refractivity contribution in [2.45, 2.75) is 13.0 Å². The largest absolute Gasteiger partial charge is 0.447 e. The molecule has 0 bridgehead atoms. The lowest BCUT2D eigenvalue weighted by Crippen LogP contribution is -2.32. The Morgan fingerprint density at radius 1 is 1.44 bits per heavy atom. The molecule has 4 nitrogen and oxygen atoms in total. The zero-order valence-corrected chi connectivity index (χ0v) is 9.05. The van der Waals surface area contributed by atoms with Crippen molar-refractivity contribution in [1.82, 2.24) is 4.90 Å². The van der Waals surface area contributed by atoms with Crippen molar-refractivity contribution >= 4 is 11.9 Å². The SMILES string of the molecule is CC(=O)CN1C(=O)OC[C@H]1c1ccccc1. The Bertz CT molecular complexity index is 402. The van der Waals surface area contributed by atoms with Crippen LogP contribution in [-0.2, 0) is 9.53 Å². The maximum atomic E-state index is 11.4. The van der Waals surface area contributed by atoms with Gasteiger partial charge >= 0.3 is 6.09 Å². The standard InChI is InChI=1S/C12H13NO3/c1-9(14)7-13-11(8-16-12(13)15)10-5-3-2-4-6-10/h2-6,11H,7-8H2,1H3/t11-/m0/s1. The number of amides is 1. The number of cyclic esters (lactones) is 1.